The summed E-state index contributed by atoms with van der Waals surface area (Å²) in [5, 5.41) is 11.8. The minimum Gasteiger partial charge on any atom is -0.393 e. The lowest BCUT2D eigenvalue weighted by molar-refractivity contribution is -0.121. The van der Waals surface area contributed by atoms with Crippen molar-refractivity contribution in [2.24, 2.45) is 0 Å². The maximum atomic E-state index is 11.2. The SMILES string of the molecule is CSCCCCNC(=O)CCC(C)O. The third kappa shape index (κ3) is 9.86. The van der Waals surface area contributed by atoms with E-state index in [9.17, 15) is 4.79 Å². The number of nitrogens with one attached hydrogen (secondary N) is 1. The van der Waals surface area contributed by atoms with Crippen LogP contribution in [0.3, 0.4) is 0 Å². The Morgan fingerprint density at radius 2 is 2.21 bits per heavy atom. The van der Waals surface area contributed by atoms with Gasteiger partial charge in [-0.15, -0.1) is 0 Å². The van der Waals surface area contributed by atoms with Crippen molar-refractivity contribution in [1.82, 2.24) is 5.32 Å². The number of rotatable bonds is 8. The quantitative estimate of drug-likeness (QED) is 0.607. The lowest BCUT2D eigenvalue weighted by Crippen LogP contribution is -2.25. The molecule has 2 N–H and O–H groups in total. The first-order valence-corrected chi connectivity index (χ1v) is 6.50. The van der Waals surface area contributed by atoms with Gasteiger partial charge in [0.15, 0.2) is 0 Å². The van der Waals surface area contributed by atoms with E-state index in [1.54, 1.807) is 6.92 Å². The van der Waals surface area contributed by atoms with E-state index in [-0.39, 0.29) is 12.0 Å². The second-order valence-electron chi connectivity index (χ2n) is 3.44. The first kappa shape index (κ1) is 13.8. The Morgan fingerprint density at radius 1 is 1.50 bits per heavy atom. The summed E-state index contributed by atoms with van der Waals surface area (Å²) >= 11 is 1.83. The fourth-order valence-electron chi connectivity index (χ4n) is 1.03. The molecule has 14 heavy (non-hydrogen) atoms. The largest absolute Gasteiger partial charge is 0.393 e. The second kappa shape index (κ2) is 9.34. The summed E-state index contributed by atoms with van der Waals surface area (Å²) in [6.45, 7) is 2.46. The maximum Gasteiger partial charge on any atom is 0.220 e. The summed E-state index contributed by atoms with van der Waals surface area (Å²) in [6, 6.07) is 0. The van der Waals surface area contributed by atoms with Gasteiger partial charge in [0, 0.05) is 13.0 Å². The van der Waals surface area contributed by atoms with Gasteiger partial charge in [-0.2, -0.15) is 11.8 Å². The molecule has 4 heteroatoms. The third-order valence-corrected chi connectivity index (χ3v) is 2.58. The summed E-state index contributed by atoms with van der Waals surface area (Å²) in [6.07, 6.45) is 4.88. The average Bonchev–Trinajstić information content (AvgIpc) is 2.14. The molecule has 0 saturated heterocycles. The molecule has 0 heterocycles. The highest BCUT2D eigenvalue weighted by Gasteiger charge is 2.02. The first-order valence-electron chi connectivity index (χ1n) is 5.10. The van der Waals surface area contributed by atoms with Crippen LogP contribution in [-0.2, 0) is 4.79 Å². The Balaban J connectivity index is 3.18. The minimum atomic E-state index is -0.378. The molecule has 0 radical (unpaired) electrons. The number of aliphatic hydroxyl groups is 1. The van der Waals surface area contributed by atoms with Gasteiger partial charge < -0.3 is 10.4 Å². The number of aliphatic hydroxyl groups excluding tert-OH is 1. The zero-order chi connectivity index (χ0) is 10.8. The molecule has 0 aliphatic heterocycles. The highest BCUT2D eigenvalue weighted by molar-refractivity contribution is 7.98. The van der Waals surface area contributed by atoms with Gasteiger partial charge in [0.05, 0.1) is 6.10 Å². The van der Waals surface area contributed by atoms with E-state index in [2.05, 4.69) is 11.6 Å². The summed E-state index contributed by atoms with van der Waals surface area (Å²) in [5.74, 6) is 1.21. The predicted octanol–water partition coefficient (Wildman–Crippen LogP) is 1.41. The zero-order valence-electron chi connectivity index (χ0n) is 9.08. The molecule has 1 atom stereocenters. The van der Waals surface area contributed by atoms with Crippen molar-refractivity contribution in [3.05, 3.63) is 0 Å². The van der Waals surface area contributed by atoms with E-state index in [4.69, 9.17) is 5.11 Å². The molecule has 0 aromatic rings. The van der Waals surface area contributed by atoms with Crippen LogP contribution in [0.2, 0.25) is 0 Å². The van der Waals surface area contributed by atoms with Gasteiger partial charge >= 0.3 is 0 Å². The summed E-state index contributed by atoms with van der Waals surface area (Å²) < 4.78 is 0. The fourth-order valence-corrected chi connectivity index (χ4v) is 1.52. The van der Waals surface area contributed by atoms with E-state index < -0.39 is 0 Å². The number of carbonyl (C=O) groups excluding carboxylic acids is 1. The Kier molecular flexibility index (Phi) is 9.19. The fraction of sp³-hybridized carbons (Fsp3) is 0.900. The van der Waals surface area contributed by atoms with E-state index in [0.29, 0.717) is 12.8 Å². The molecule has 1 unspecified atom stereocenters. The molecule has 0 aromatic carbocycles. The zero-order valence-corrected chi connectivity index (χ0v) is 9.90. The smallest absolute Gasteiger partial charge is 0.220 e. The summed E-state index contributed by atoms with van der Waals surface area (Å²) in [7, 11) is 0. The molecule has 84 valence electrons. The lowest BCUT2D eigenvalue weighted by atomic mass is 10.2. The molecular weight excluding hydrogens is 198 g/mol. The molecule has 0 aromatic heterocycles. The standard InChI is InChI=1S/C10H21NO2S/c1-9(12)5-6-10(13)11-7-3-4-8-14-2/h9,12H,3-8H2,1-2H3,(H,11,13). The van der Waals surface area contributed by atoms with E-state index >= 15 is 0 Å². The molecule has 0 rings (SSSR count). The van der Waals surface area contributed by atoms with Crippen molar-refractivity contribution >= 4 is 17.7 Å². The summed E-state index contributed by atoms with van der Waals surface area (Å²) in [5.41, 5.74) is 0. The first-order chi connectivity index (χ1) is 6.66. The van der Waals surface area contributed by atoms with Crippen molar-refractivity contribution in [3.8, 4) is 0 Å². The number of amides is 1. The van der Waals surface area contributed by atoms with Gasteiger partial charge in [0.25, 0.3) is 0 Å². The van der Waals surface area contributed by atoms with E-state index in [1.807, 2.05) is 11.8 Å². The summed E-state index contributed by atoms with van der Waals surface area (Å²) in [4.78, 5) is 11.2. The van der Waals surface area contributed by atoms with Crippen molar-refractivity contribution in [2.75, 3.05) is 18.6 Å². The van der Waals surface area contributed by atoms with Gasteiger partial charge in [0.1, 0.15) is 0 Å². The Bertz CT molecular complexity index is 151. The van der Waals surface area contributed by atoms with Crippen LogP contribution in [0.15, 0.2) is 0 Å². The van der Waals surface area contributed by atoms with Crippen LogP contribution >= 0.6 is 11.8 Å². The van der Waals surface area contributed by atoms with Crippen LogP contribution in [0, 0.1) is 0 Å². The van der Waals surface area contributed by atoms with Crippen LogP contribution in [0.5, 0.6) is 0 Å². The molecule has 0 bridgehead atoms. The number of carbonyl (C=O) groups is 1. The molecule has 0 fully saturated rings. The maximum absolute atomic E-state index is 11.2. The average molecular weight is 219 g/mol. The Morgan fingerprint density at radius 3 is 2.79 bits per heavy atom. The van der Waals surface area contributed by atoms with Crippen molar-refractivity contribution in [3.63, 3.8) is 0 Å². The highest BCUT2D eigenvalue weighted by atomic mass is 32.2. The van der Waals surface area contributed by atoms with Gasteiger partial charge in [0.2, 0.25) is 5.91 Å². The van der Waals surface area contributed by atoms with Crippen LogP contribution in [-0.4, -0.2) is 35.7 Å². The minimum absolute atomic E-state index is 0.0510. The Hall–Kier alpha value is -0.220. The molecule has 0 saturated carbocycles. The lowest BCUT2D eigenvalue weighted by Gasteiger charge is -2.05. The number of thioether (sulfide) groups is 1. The molecular formula is C10H21NO2S. The molecule has 3 nitrogen and oxygen atoms in total. The number of hydrogen-bond acceptors (Lipinski definition) is 3. The van der Waals surface area contributed by atoms with E-state index in [0.717, 1.165) is 25.1 Å². The number of unbranched alkanes of at least 4 members (excludes halogenated alkanes) is 1. The second-order valence-corrected chi connectivity index (χ2v) is 4.42. The molecule has 0 aliphatic rings. The molecule has 1 amide bonds. The van der Waals surface area contributed by atoms with Crippen molar-refractivity contribution in [1.29, 1.82) is 0 Å². The monoisotopic (exact) mass is 219 g/mol. The normalized spacial score (nSPS) is 12.5. The van der Waals surface area contributed by atoms with Crippen LogP contribution in [0.25, 0.3) is 0 Å². The van der Waals surface area contributed by atoms with Crippen molar-refractivity contribution in [2.45, 2.75) is 38.7 Å². The van der Waals surface area contributed by atoms with Gasteiger partial charge in [-0.25, -0.2) is 0 Å². The predicted molar refractivity (Wildman–Crippen MR) is 61.5 cm³/mol. The van der Waals surface area contributed by atoms with E-state index in [1.165, 1.54) is 0 Å². The van der Waals surface area contributed by atoms with Gasteiger partial charge in [-0.3, -0.25) is 4.79 Å². The Labute approximate surface area is 90.7 Å². The van der Waals surface area contributed by atoms with Gasteiger partial charge in [-0.1, -0.05) is 0 Å². The van der Waals surface area contributed by atoms with Gasteiger partial charge in [-0.05, 0) is 38.2 Å². The molecule has 0 spiro atoms. The molecule has 0 aliphatic carbocycles. The number of hydrogen-bond donors (Lipinski definition) is 2. The van der Waals surface area contributed by atoms with Crippen LogP contribution in [0.4, 0.5) is 0 Å². The highest BCUT2D eigenvalue weighted by Crippen LogP contribution is 1.98. The topological polar surface area (TPSA) is 49.3 Å². The van der Waals surface area contributed by atoms with Crippen molar-refractivity contribution < 1.29 is 9.90 Å². The van der Waals surface area contributed by atoms with Crippen LogP contribution < -0.4 is 5.32 Å². The third-order valence-electron chi connectivity index (χ3n) is 1.89. The van der Waals surface area contributed by atoms with Crippen LogP contribution in [0.1, 0.15) is 32.6 Å².